The van der Waals surface area contributed by atoms with Crippen LogP contribution in [0.3, 0.4) is 0 Å². The van der Waals surface area contributed by atoms with Crippen LogP contribution in [0.15, 0.2) is 0 Å². The van der Waals surface area contributed by atoms with Gasteiger partial charge >= 0.3 is 0 Å². The Morgan fingerprint density at radius 1 is 1.41 bits per heavy atom. The summed E-state index contributed by atoms with van der Waals surface area (Å²) in [5, 5.41) is 12.4. The van der Waals surface area contributed by atoms with Crippen LogP contribution in [0.25, 0.3) is 0 Å². The number of nitrogens with one attached hydrogen (secondary N) is 1. The number of carbonyl (C=O) groups is 1. The van der Waals surface area contributed by atoms with E-state index in [0.717, 1.165) is 51.7 Å². The van der Waals surface area contributed by atoms with E-state index in [1.807, 2.05) is 14.1 Å². The van der Waals surface area contributed by atoms with E-state index >= 15 is 0 Å². The van der Waals surface area contributed by atoms with Gasteiger partial charge in [-0.1, -0.05) is 19.3 Å². The Labute approximate surface area is 133 Å². The number of nitriles is 1. The lowest BCUT2D eigenvalue weighted by atomic mass is 9.83. The Hall–Kier alpha value is -1.16. The highest BCUT2D eigenvalue weighted by Gasteiger charge is 2.34. The second-order valence-electron chi connectivity index (χ2n) is 6.79. The van der Waals surface area contributed by atoms with Crippen molar-refractivity contribution < 1.29 is 9.53 Å². The van der Waals surface area contributed by atoms with E-state index in [0.29, 0.717) is 13.2 Å². The maximum absolute atomic E-state index is 12.3. The molecule has 1 N–H and O–H groups in total. The third-order valence-electron chi connectivity index (χ3n) is 4.46. The highest BCUT2D eigenvalue weighted by molar-refractivity contribution is 5.79. The first kappa shape index (κ1) is 17.2. The first-order valence-electron chi connectivity index (χ1n) is 8.24. The normalized spacial score (nSPS) is 25.6. The fraction of sp³-hybridized carbons (Fsp3) is 0.875. The molecular weight excluding hydrogens is 280 g/mol. The molecule has 1 aliphatic heterocycles. The van der Waals surface area contributed by atoms with Crippen molar-refractivity contribution in [2.45, 2.75) is 43.7 Å². The number of morpholine rings is 1. The molecule has 0 radical (unpaired) electrons. The van der Waals surface area contributed by atoms with E-state index in [1.165, 1.54) is 0 Å². The first-order valence-corrected chi connectivity index (χ1v) is 8.24. The van der Waals surface area contributed by atoms with Gasteiger partial charge in [0, 0.05) is 19.6 Å². The van der Waals surface area contributed by atoms with Gasteiger partial charge in [0.25, 0.3) is 0 Å². The van der Waals surface area contributed by atoms with Gasteiger partial charge in [0.1, 0.15) is 5.54 Å². The van der Waals surface area contributed by atoms with Gasteiger partial charge in [0.05, 0.1) is 25.3 Å². The van der Waals surface area contributed by atoms with Crippen molar-refractivity contribution in [2.24, 2.45) is 0 Å². The van der Waals surface area contributed by atoms with Crippen molar-refractivity contribution in [2.75, 3.05) is 46.9 Å². The molecule has 1 atom stereocenters. The topological polar surface area (TPSA) is 68.6 Å². The van der Waals surface area contributed by atoms with Crippen LogP contribution >= 0.6 is 0 Å². The van der Waals surface area contributed by atoms with Crippen LogP contribution in [0.4, 0.5) is 0 Å². The standard InChI is InChI=1S/C16H28N4O2/c1-19(2)10-14-11-20(8-9-22-14)12-15(21)18-16(13-17)6-4-3-5-7-16/h14H,3-12H2,1-2H3,(H,18,21). The second-order valence-corrected chi connectivity index (χ2v) is 6.79. The Morgan fingerprint density at radius 2 is 2.14 bits per heavy atom. The predicted molar refractivity (Wildman–Crippen MR) is 84.3 cm³/mol. The summed E-state index contributed by atoms with van der Waals surface area (Å²) < 4.78 is 5.72. The van der Waals surface area contributed by atoms with Crippen molar-refractivity contribution in [1.29, 1.82) is 5.26 Å². The number of ether oxygens (including phenoxy) is 1. The van der Waals surface area contributed by atoms with Gasteiger partial charge in [-0.15, -0.1) is 0 Å². The zero-order chi connectivity index (χ0) is 16.0. The Balaban J connectivity index is 1.82. The molecule has 0 aromatic rings. The van der Waals surface area contributed by atoms with Crippen molar-refractivity contribution in [3.05, 3.63) is 0 Å². The summed E-state index contributed by atoms with van der Waals surface area (Å²) in [5.74, 6) is -0.0334. The van der Waals surface area contributed by atoms with E-state index in [2.05, 4.69) is 21.2 Å². The van der Waals surface area contributed by atoms with E-state index in [4.69, 9.17) is 4.74 Å². The minimum atomic E-state index is -0.634. The molecule has 22 heavy (non-hydrogen) atoms. The molecule has 1 heterocycles. The number of amides is 1. The second kappa shape index (κ2) is 7.91. The van der Waals surface area contributed by atoms with Crippen LogP contribution in [-0.4, -0.2) is 74.2 Å². The molecule has 1 amide bonds. The van der Waals surface area contributed by atoms with Gasteiger partial charge in [-0.25, -0.2) is 0 Å². The van der Waals surface area contributed by atoms with Crippen LogP contribution in [0, 0.1) is 11.3 Å². The summed E-state index contributed by atoms with van der Waals surface area (Å²) in [4.78, 5) is 16.5. The monoisotopic (exact) mass is 308 g/mol. The number of nitrogens with zero attached hydrogens (tertiary/aromatic N) is 3. The Morgan fingerprint density at radius 3 is 2.77 bits per heavy atom. The van der Waals surface area contributed by atoms with Crippen LogP contribution in [0.5, 0.6) is 0 Å². The fourth-order valence-corrected chi connectivity index (χ4v) is 3.37. The first-order chi connectivity index (χ1) is 10.5. The molecule has 0 aromatic heterocycles. The maximum Gasteiger partial charge on any atom is 0.235 e. The average molecular weight is 308 g/mol. The summed E-state index contributed by atoms with van der Waals surface area (Å²) in [6.07, 6.45) is 4.92. The molecule has 2 rings (SSSR count). The molecule has 6 nitrogen and oxygen atoms in total. The third kappa shape index (κ3) is 4.94. The minimum absolute atomic E-state index is 0.0334. The molecule has 1 aliphatic carbocycles. The average Bonchev–Trinajstić information content (AvgIpc) is 2.47. The van der Waals surface area contributed by atoms with Crippen molar-refractivity contribution in [1.82, 2.24) is 15.1 Å². The van der Waals surface area contributed by atoms with E-state index in [1.54, 1.807) is 0 Å². The van der Waals surface area contributed by atoms with Crippen LogP contribution < -0.4 is 5.32 Å². The summed E-state index contributed by atoms with van der Waals surface area (Å²) in [6.45, 7) is 3.42. The minimum Gasteiger partial charge on any atom is -0.374 e. The van der Waals surface area contributed by atoms with Crippen molar-refractivity contribution >= 4 is 5.91 Å². The SMILES string of the molecule is CN(C)CC1CN(CC(=O)NC2(C#N)CCCCC2)CCO1. The zero-order valence-electron chi connectivity index (χ0n) is 13.8. The van der Waals surface area contributed by atoms with E-state index in [-0.39, 0.29) is 12.0 Å². The Kier molecular flexibility index (Phi) is 6.18. The predicted octanol–water partition coefficient (Wildman–Crippen LogP) is 0.591. The highest BCUT2D eigenvalue weighted by atomic mass is 16.5. The fourth-order valence-electron chi connectivity index (χ4n) is 3.37. The molecule has 1 saturated carbocycles. The molecule has 1 unspecified atom stereocenters. The number of carbonyl (C=O) groups excluding carboxylic acids is 1. The van der Waals surface area contributed by atoms with Crippen LogP contribution in [0.1, 0.15) is 32.1 Å². The largest absolute Gasteiger partial charge is 0.374 e. The molecule has 124 valence electrons. The number of hydrogen-bond donors (Lipinski definition) is 1. The van der Waals surface area contributed by atoms with Crippen LogP contribution in [0.2, 0.25) is 0 Å². The molecule has 1 saturated heterocycles. The molecule has 0 spiro atoms. The summed E-state index contributed by atoms with van der Waals surface area (Å²) >= 11 is 0. The Bertz CT molecular complexity index is 413. The smallest absolute Gasteiger partial charge is 0.235 e. The van der Waals surface area contributed by atoms with Gasteiger partial charge in [-0.05, 0) is 26.9 Å². The van der Waals surface area contributed by atoms with Gasteiger partial charge in [0.15, 0.2) is 0 Å². The lowest BCUT2D eigenvalue weighted by Gasteiger charge is -2.35. The number of rotatable bonds is 5. The summed E-state index contributed by atoms with van der Waals surface area (Å²) in [6, 6.07) is 2.34. The molecule has 0 bridgehead atoms. The molecule has 2 fully saturated rings. The maximum atomic E-state index is 12.3. The van der Waals surface area contributed by atoms with Crippen molar-refractivity contribution in [3.63, 3.8) is 0 Å². The van der Waals surface area contributed by atoms with Gasteiger partial charge in [-0.3, -0.25) is 9.69 Å². The zero-order valence-corrected chi connectivity index (χ0v) is 13.8. The van der Waals surface area contributed by atoms with Gasteiger partial charge in [-0.2, -0.15) is 5.26 Å². The molecule has 0 aromatic carbocycles. The summed E-state index contributed by atoms with van der Waals surface area (Å²) in [7, 11) is 4.05. The van der Waals surface area contributed by atoms with E-state index < -0.39 is 5.54 Å². The van der Waals surface area contributed by atoms with Gasteiger partial charge in [0.2, 0.25) is 5.91 Å². The van der Waals surface area contributed by atoms with Crippen LogP contribution in [-0.2, 0) is 9.53 Å². The van der Waals surface area contributed by atoms with Crippen molar-refractivity contribution in [3.8, 4) is 6.07 Å². The lowest BCUT2D eigenvalue weighted by molar-refractivity contribution is -0.126. The quantitative estimate of drug-likeness (QED) is 0.805. The molecule has 6 heteroatoms. The highest BCUT2D eigenvalue weighted by Crippen LogP contribution is 2.27. The number of hydrogen-bond acceptors (Lipinski definition) is 5. The molecule has 2 aliphatic rings. The number of likely N-dealkylation sites (N-methyl/N-ethyl adjacent to an activating group) is 1. The third-order valence-corrected chi connectivity index (χ3v) is 4.46. The lowest BCUT2D eigenvalue weighted by Crippen LogP contribution is -2.54. The molecular formula is C16H28N4O2. The summed E-state index contributed by atoms with van der Waals surface area (Å²) in [5.41, 5.74) is -0.634. The van der Waals surface area contributed by atoms with Gasteiger partial charge < -0.3 is 15.0 Å². The van der Waals surface area contributed by atoms with E-state index in [9.17, 15) is 10.1 Å².